The zero-order valence-electron chi connectivity index (χ0n) is 11.0. The van der Waals surface area contributed by atoms with Crippen LogP contribution < -0.4 is 5.32 Å². The van der Waals surface area contributed by atoms with Crippen LogP contribution >= 0.6 is 0 Å². The lowest BCUT2D eigenvalue weighted by Gasteiger charge is -2.22. The highest BCUT2D eigenvalue weighted by atomic mass is 16.5. The summed E-state index contributed by atoms with van der Waals surface area (Å²) in [4.78, 5) is 2.36. The highest BCUT2D eigenvalue weighted by Gasteiger charge is 2.21. The van der Waals surface area contributed by atoms with Gasteiger partial charge in [0.1, 0.15) is 11.5 Å². The fourth-order valence-corrected chi connectivity index (χ4v) is 2.27. The summed E-state index contributed by atoms with van der Waals surface area (Å²) >= 11 is 0. The summed E-state index contributed by atoms with van der Waals surface area (Å²) in [5.74, 6) is 2.04. The van der Waals surface area contributed by atoms with Gasteiger partial charge in [0.05, 0.1) is 13.2 Å². The second-order valence-corrected chi connectivity index (χ2v) is 4.76. The molecule has 4 nitrogen and oxygen atoms in total. The van der Waals surface area contributed by atoms with E-state index in [1.807, 2.05) is 14.0 Å². The fourth-order valence-electron chi connectivity index (χ4n) is 2.27. The third-order valence-corrected chi connectivity index (χ3v) is 3.37. The van der Waals surface area contributed by atoms with Crippen LogP contribution in [0, 0.1) is 6.92 Å². The van der Waals surface area contributed by atoms with Crippen LogP contribution in [0.25, 0.3) is 0 Å². The largest absolute Gasteiger partial charge is 0.465 e. The van der Waals surface area contributed by atoms with Gasteiger partial charge >= 0.3 is 0 Å². The van der Waals surface area contributed by atoms with Gasteiger partial charge in [0, 0.05) is 24.8 Å². The van der Waals surface area contributed by atoms with Crippen LogP contribution in [-0.4, -0.2) is 38.3 Å². The maximum Gasteiger partial charge on any atom is 0.118 e. The van der Waals surface area contributed by atoms with Crippen molar-refractivity contribution >= 4 is 0 Å². The molecule has 0 amide bonds. The van der Waals surface area contributed by atoms with Crippen LogP contribution in [0.4, 0.5) is 0 Å². The summed E-state index contributed by atoms with van der Waals surface area (Å²) in [7, 11) is 4.09. The number of rotatable bonds is 5. The normalized spacial score (nSPS) is 20.4. The third kappa shape index (κ3) is 3.09. The van der Waals surface area contributed by atoms with Gasteiger partial charge in [0.2, 0.25) is 0 Å². The van der Waals surface area contributed by atoms with E-state index in [1.165, 1.54) is 5.56 Å². The Balaban J connectivity index is 1.97. The Morgan fingerprint density at radius 2 is 2.35 bits per heavy atom. The van der Waals surface area contributed by atoms with E-state index in [9.17, 15) is 0 Å². The average molecular weight is 238 g/mol. The van der Waals surface area contributed by atoms with Crippen molar-refractivity contribution in [3.63, 3.8) is 0 Å². The first kappa shape index (κ1) is 12.6. The summed E-state index contributed by atoms with van der Waals surface area (Å²) in [5, 5.41) is 3.11. The second-order valence-electron chi connectivity index (χ2n) is 4.76. The molecule has 1 aromatic rings. The lowest BCUT2D eigenvalue weighted by Crippen LogP contribution is -2.31. The first-order valence-corrected chi connectivity index (χ1v) is 6.21. The zero-order valence-corrected chi connectivity index (χ0v) is 11.0. The lowest BCUT2D eigenvalue weighted by atomic mass is 10.2. The number of ether oxygens (including phenoxy) is 1. The number of hydrogen-bond acceptors (Lipinski definition) is 4. The minimum absolute atomic E-state index is 0.553. The molecule has 4 heteroatoms. The molecule has 0 aliphatic carbocycles. The average Bonchev–Trinajstić information content (AvgIpc) is 2.90. The van der Waals surface area contributed by atoms with Crippen LogP contribution in [0.5, 0.6) is 0 Å². The maximum atomic E-state index is 5.70. The standard InChI is InChI=1S/C13H22N2O2/c1-10-11(6-13(17-10)7-14-2)8-15(3)12-4-5-16-9-12/h6,12,14H,4-5,7-9H2,1-3H3. The van der Waals surface area contributed by atoms with Gasteiger partial charge in [-0.1, -0.05) is 0 Å². The summed E-state index contributed by atoms with van der Waals surface area (Å²) < 4.78 is 11.1. The second kappa shape index (κ2) is 5.67. The van der Waals surface area contributed by atoms with Crippen molar-refractivity contribution in [2.75, 3.05) is 27.3 Å². The molecule has 2 rings (SSSR count). The molecule has 1 atom stereocenters. The molecule has 0 spiro atoms. The van der Waals surface area contributed by atoms with E-state index in [-0.39, 0.29) is 0 Å². The Morgan fingerprint density at radius 1 is 1.53 bits per heavy atom. The first-order valence-electron chi connectivity index (χ1n) is 6.21. The molecule has 1 fully saturated rings. The molecule has 17 heavy (non-hydrogen) atoms. The Kier molecular flexibility index (Phi) is 4.20. The monoisotopic (exact) mass is 238 g/mol. The summed E-state index contributed by atoms with van der Waals surface area (Å²) in [6.45, 7) is 5.51. The maximum absolute atomic E-state index is 5.70. The highest BCUT2D eigenvalue weighted by molar-refractivity contribution is 5.20. The van der Waals surface area contributed by atoms with Crippen LogP contribution in [0.1, 0.15) is 23.5 Å². The molecule has 0 saturated carbocycles. The Hall–Kier alpha value is -0.840. The van der Waals surface area contributed by atoms with Gasteiger partial charge in [-0.25, -0.2) is 0 Å². The van der Waals surface area contributed by atoms with Crippen LogP contribution in [0.15, 0.2) is 10.5 Å². The Labute approximate surface area is 103 Å². The van der Waals surface area contributed by atoms with Crippen molar-refractivity contribution in [3.8, 4) is 0 Å². The molecule has 1 unspecified atom stereocenters. The van der Waals surface area contributed by atoms with Crippen molar-refractivity contribution in [3.05, 3.63) is 23.2 Å². The van der Waals surface area contributed by atoms with E-state index in [2.05, 4.69) is 23.3 Å². The number of furan rings is 1. The van der Waals surface area contributed by atoms with Gasteiger partial charge in [-0.05, 0) is 33.5 Å². The van der Waals surface area contributed by atoms with Crippen molar-refractivity contribution in [2.24, 2.45) is 0 Å². The summed E-state index contributed by atoms with van der Waals surface area (Å²) in [5.41, 5.74) is 1.28. The Bertz CT molecular complexity index is 356. The van der Waals surface area contributed by atoms with Crippen molar-refractivity contribution < 1.29 is 9.15 Å². The molecule has 1 N–H and O–H groups in total. The zero-order chi connectivity index (χ0) is 12.3. The van der Waals surface area contributed by atoms with Gasteiger partial charge < -0.3 is 14.5 Å². The number of nitrogens with zero attached hydrogens (tertiary/aromatic N) is 1. The topological polar surface area (TPSA) is 37.6 Å². The molecule has 1 saturated heterocycles. The molecule has 1 aliphatic rings. The van der Waals surface area contributed by atoms with Gasteiger partial charge in [-0.3, -0.25) is 4.90 Å². The van der Waals surface area contributed by atoms with Crippen LogP contribution in [0.2, 0.25) is 0 Å². The number of nitrogens with one attached hydrogen (secondary N) is 1. The molecule has 0 bridgehead atoms. The molecular weight excluding hydrogens is 216 g/mol. The molecule has 1 aliphatic heterocycles. The highest BCUT2D eigenvalue weighted by Crippen LogP contribution is 2.19. The minimum atomic E-state index is 0.553. The van der Waals surface area contributed by atoms with E-state index in [0.29, 0.717) is 6.04 Å². The van der Waals surface area contributed by atoms with Gasteiger partial charge in [0.25, 0.3) is 0 Å². The molecule has 0 radical (unpaired) electrons. The van der Waals surface area contributed by atoms with Gasteiger partial charge in [-0.15, -0.1) is 0 Å². The molecule has 96 valence electrons. The van der Waals surface area contributed by atoms with Crippen LogP contribution in [0.3, 0.4) is 0 Å². The minimum Gasteiger partial charge on any atom is -0.465 e. The molecular formula is C13H22N2O2. The van der Waals surface area contributed by atoms with Crippen LogP contribution in [-0.2, 0) is 17.8 Å². The van der Waals surface area contributed by atoms with E-state index in [1.54, 1.807) is 0 Å². The van der Waals surface area contributed by atoms with E-state index >= 15 is 0 Å². The smallest absolute Gasteiger partial charge is 0.118 e. The van der Waals surface area contributed by atoms with Crippen molar-refractivity contribution in [1.29, 1.82) is 0 Å². The SMILES string of the molecule is CNCc1cc(CN(C)C2CCOC2)c(C)o1. The molecule has 0 aromatic carbocycles. The summed E-state index contributed by atoms with van der Waals surface area (Å²) in [6.07, 6.45) is 1.14. The first-order chi connectivity index (χ1) is 8.20. The van der Waals surface area contributed by atoms with Gasteiger partial charge in [0.15, 0.2) is 0 Å². The van der Waals surface area contributed by atoms with Crippen molar-refractivity contribution in [2.45, 2.75) is 32.5 Å². The van der Waals surface area contributed by atoms with E-state index in [0.717, 1.165) is 44.2 Å². The lowest BCUT2D eigenvalue weighted by molar-refractivity contribution is 0.156. The number of likely N-dealkylation sites (N-methyl/N-ethyl adjacent to an activating group) is 1. The predicted octanol–water partition coefficient (Wildman–Crippen LogP) is 1.53. The third-order valence-electron chi connectivity index (χ3n) is 3.37. The Morgan fingerprint density at radius 3 is 3.00 bits per heavy atom. The number of hydrogen-bond donors (Lipinski definition) is 1. The fraction of sp³-hybridized carbons (Fsp3) is 0.692. The quantitative estimate of drug-likeness (QED) is 0.844. The summed E-state index contributed by atoms with van der Waals surface area (Å²) in [6, 6.07) is 2.70. The predicted molar refractivity (Wildman–Crippen MR) is 66.9 cm³/mol. The molecule has 2 heterocycles. The number of aryl methyl sites for hydroxylation is 1. The van der Waals surface area contributed by atoms with E-state index in [4.69, 9.17) is 9.15 Å². The van der Waals surface area contributed by atoms with Gasteiger partial charge in [-0.2, -0.15) is 0 Å². The molecule has 1 aromatic heterocycles. The van der Waals surface area contributed by atoms with Crippen molar-refractivity contribution in [1.82, 2.24) is 10.2 Å². The van der Waals surface area contributed by atoms with E-state index < -0.39 is 0 Å².